The lowest BCUT2D eigenvalue weighted by molar-refractivity contribution is 0.566. The first-order valence-electron chi connectivity index (χ1n) is 6.11. The Labute approximate surface area is 121 Å². The standard InChI is InChI=1S/C15H10BClNO2/c17-13-8-4-5-10-9-12(15(19)20-14(10)13)16-18-11-6-2-1-3-7-11/h1-9,18H. The lowest BCUT2D eigenvalue weighted by Crippen LogP contribution is -2.34. The maximum absolute atomic E-state index is 11.9. The fraction of sp³-hybridized carbons (Fsp3) is 0. The average molecular weight is 283 g/mol. The Balaban J connectivity index is 1.92. The fourth-order valence-corrected chi connectivity index (χ4v) is 2.14. The molecule has 5 heteroatoms. The number of fused-ring (bicyclic) bond motifs is 1. The maximum Gasteiger partial charge on any atom is 0.332 e. The molecule has 0 bridgehead atoms. The Bertz CT molecular complexity index is 802. The maximum atomic E-state index is 11.9. The van der Waals surface area contributed by atoms with Crippen LogP contribution in [0.25, 0.3) is 11.0 Å². The number of nitrogens with one attached hydrogen (secondary N) is 1. The molecule has 0 atom stereocenters. The summed E-state index contributed by atoms with van der Waals surface area (Å²) in [5, 5.41) is 4.29. The van der Waals surface area contributed by atoms with E-state index in [9.17, 15) is 4.79 Å². The molecule has 0 aliphatic heterocycles. The Hall–Kier alpha value is -2.20. The van der Waals surface area contributed by atoms with Gasteiger partial charge in [-0.25, -0.2) is 4.79 Å². The first-order valence-corrected chi connectivity index (χ1v) is 6.49. The third kappa shape index (κ3) is 2.56. The molecular formula is C15H10BClNO2. The van der Waals surface area contributed by atoms with Crippen molar-refractivity contribution in [3.05, 3.63) is 70.0 Å². The number of rotatable bonds is 3. The van der Waals surface area contributed by atoms with Gasteiger partial charge in [-0.2, -0.15) is 0 Å². The van der Waals surface area contributed by atoms with E-state index in [1.807, 2.05) is 42.5 Å². The van der Waals surface area contributed by atoms with E-state index in [4.69, 9.17) is 16.0 Å². The summed E-state index contributed by atoms with van der Waals surface area (Å²) in [6.45, 7) is 0. The van der Waals surface area contributed by atoms with Crippen molar-refractivity contribution in [3.8, 4) is 0 Å². The summed E-state index contributed by atoms with van der Waals surface area (Å²) in [5.41, 5.74) is 1.34. The second kappa shape index (κ2) is 5.43. The van der Waals surface area contributed by atoms with Crippen molar-refractivity contribution < 1.29 is 4.42 Å². The molecule has 0 saturated heterocycles. The average Bonchev–Trinajstić information content (AvgIpc) is 2.47. The smallest absolute Gasteiger partial charge is 0.332 e. The lowest BCUT2D eigenvalue weighted by Gasteiger charge is -2.05. The van der Waals surface area contributed by atoms with Crippen molar-refractivity contribution >= 4 is 41.1 Å². The zero-order valence-corrected chi connectivity index (χ0v) is 11.2. The van der Waals surface area contributed by atoms with Crippen LogP contribution < -0.4 is 16.3 Å². The Morgan fingerprint density at radius 3 is 2.65 bits per heavy atom. The normalized spacial score (nSPS) is 10.4. The van der Waals surface area contributed by atoms with Gasteiger partial charge in [0.2, 0.25) is 0 Å². The quantitative estimate of drug-likeness (QED) is 0.593. The van der Waals surface area contributed by atoms with E-state index in [1.165, 1.54) is 0 Å². The van der Waals surface area contributed by atoms with E-state index >= 15 is 0 Å². The molecule has 2 aromatic carbocycles. The van der Waals surface area contributed by atoms with Gasteiger partial charge in [-0.05, 0) is 24.3 Å². The van der Waals surface area contributed by atoms with Gasteiger partial charge in [-0.1, -0.05) is 41.9 Å². The molecule has 0 saturated carbocycles. The molecule has 0 aliphatic carbocycles. The van der Waals surface area contributed by atoms with Gasteiger partial charge in [0.15, 0.2) is 5.58 Å². The first-order chi connectivity index (χ1) is 9.74. The Morgan fingerprint density at radius 1 is 1.05 bits per heavy atom. The summed E-state index contributed by atoms with van der Waals surface area (Å²) in [4.78, 5) is 11.9. The highest BCUT2D eigenvalue weighted by molar-refractivity contribution is 6.57. The topological polar surface area (TPSA) is 42.2 Å². The molecular weight excluding hydrogens is 272 g/mol. The number of hydrogen-bond donors (Lipinski definition) is 1. The summed E-state index contributed by atoms with van der Waals surface area (Å²) in [5.74, 6) is 0. The summed E-state index contributed by atoms with van der Waals surface area (Å²) in [6, 6.07) is 16.7. The third-order valence-electron chi connectivity index (χ3n) is 2.91. The summed E-state index contributed by atoms with van der Waals surface area (Å²) >= 11 is 6.00. The van der Waals surface area contributed by atoms with Crippen LogP contribution in [0.3, 0.4) is 0 Å². The van der Waals surface area contributed by atoms with Gasteiger partial charge in [0.1, 0.15) is 0 Å². The second-order valence-electron chi connectivity index (χ2n) is 4.30. The van der Waals surface area contributed by atoms with E-state index in [0.717, 1.165) is 11.1 Å². The molecule has 0 aliphatic rings. The molecule has 0 spiro atoms. The van der Waals surface area contributed by atoms with Gasteiger partial charge in [-0.15, -0.1) is 0 Å². The zero-order chi connectivity index (χ0) is 13.9. The van der Waals surface area contributed by atoms with Gasteiger partial charge < -0.3 is 9.64 Å². The summed E-state index contributed by atoms with van der Waals surface area (Å²) < 4.78 is 5.25. The minimum Gasteiger partial charge on any atom is -0.428 e. The molecule has 0 amide bonds. The van der Waals surface area contributed by atoms with Crippen LogP contribution in [0.1, 0.15) is 0 Å². The van der Waals surface area contributed by atoms with Crippen LogP contribution in [0.4, 0.5) is 5.69 Å². The van der Waals surface area contributed by atoms with E-state index in [-0.39, 0.29) is 0 Å². The predicted octanol–water partition coefficient (Wildman–Crippen LogP) is 2.80. The molecule has 1 heterocycles. The van der Waals surface area contributed by atoms with Crippen molar-refractivity contribution in [3.63, 3.8) is 0 Å². The monoisotopic (exact) mass is 282 g/mol. The van der Waals surface area contributed by atoms with Crippen LogP contribution in [0, 0.1) is 0 Å². The van der Waals surface area contributed by atoms with Crippen molar-refractivity contribution in [1.29, 1.82) is 0 Å². The highest BCUT2D eigenvalue weighted by Gasteiger charge is 2.09. The van der Waals surface area contributed by atoms with E-state index in [1.54, 1.807) is 19.5 Å². The van der Waals surface area contributed by atoms with E-state index in [2.05, 4.69) is 5.23 Å². The summed E-state index contributed by atoms with van der Waals surface area (Å²) in [6.07, 6.45) is 0. The van der Waals surface area contributed by atoms with E-state index < -0.39 is 5.63 Å². The largest absolute Gasteiger partial charge is 0.428 e. The molecule has 97 valence electrons. The number of halogens is 1. The van der Waals surface area contributed by atoms with Crippen LogP contribution in [0.2, 0.25) is 5.02 Å². The van der Waals surface area contributed by atoms with Gasteiger partial charge >= 0.3 is 5.63 Å². The Morgan fingerprint density at radius 2 is 1.85 bits per heavy atom. The SMILES string of the molecule is O=c1oc2c(Cl)cccc2cc1[B]Nc1ccccc1. The number of anilines is 1. The van der Waals surface area contributed by atoms with Gasteiger partial charge in [0.25, 0.3) is 7.41 Å². The molecule has 1 aromatic heterocycles. The van der Waals surface area contributed by atoms with Crippen molar-refractivity contribution in [1.82, 2.24) is 0 Å². The highest BCUT2D eigenvalue weighted by atomic mass is 35.5. The van der Waals surface area contributed by atoms with Crippen molar-refractivity contribution in [2.75, 3.05) is 5.23 Å². The minimum absolute atomic E-state index is 0.413. The Kier molecular flexibility index (Phi) is 3.48. The summed E-state index contributed by atoms with van der Waals surface area (Å²) in [7, 11) is 1.63. The van der Waals surface area contributed by atoms with Crippen LogP contribution in [-0.4, -0.2) is 7.41 Å². The number of hydrogen-bond acceptors (Lipinski definition) is 3. The molecule has 0 unspecified atom stereocenters. The van der Waals surface area contributed by atoms with Crippen molar-refractivity contribution in [2.45, 2.75) is 0 Å². The van der Waals surface area contributed by atoms with Gasteiger partial charge in [0, 0.05) is 16.5 Å². The molecule has 0 fully saturated rings. The van der Waals surface area contributed by atoms with Gasteiger partial charge in [0.05, 0.1) is 5.02 Å². The van der Waals surface area contributed by atoms with Crippen LogP contribution >= 0.6 is 11.6 Å². The lowest BCUT2D eigenvalue weighted by atomic mass is 9.83. The number of para-hydroxylation sites is 2. The minimum atomic E-state index is -0.422. The van der Waals surface area contributed by atoms with E-state index in [0.29, 0.717) is 16.1 Å². The molecule has 3 aromatic rings. The van der Waals surface area contributed by atoms with Crippen LogP contribution in [0.15, 0.2) is 63.8 Å². The van der Waals surface area contributed by atoms with Crippen LogP contribution in [0.5, 0.6) is 0 Å². The number of benzene rings is 2. The zero-order valence-electron chi connectivity index (χ0n) is 10.5. The van der Waals surface area contributed by atoms with Crippen molar-refractivity contribution in [2.24, 2.45) is 0 Å². The molecule has 3 nitrogen and oxygen atoms in total. The molecule has 20 heavy (non-hydrogen) atoms. The molecule has 1 radical (unpaired) electrons. The third-order valence-corrected chi connectivity index (χ3v) is 3.20. The first kappa shape index (κ1) is 12.8. The fourth-order valence-electron chi connectivity index (χ4n) is 1.92. The highest BCUT2D eigenvalue weighted by Crippen LogP contribution is 2.20. The van der Waals surface area contributed by atoms with Crippen LogP contribution in [-0.2, 0) is 0 Å². The van der Waals surface area contributed by atoms with Gasteiger partial charge in [-0.3, -0.25) is 0 Å². The molecule has 1 N–H and O–H groups in total. The predicted molar refractivity (Wildman–Crippen MR) is 82.9 cm³/mol. The molecule has 3 rings (SSSR count). The second-order valence-corrected chi connectivity index (χ2v) is 4.71.